The van der Waals surface area contributed by atoms with Gasteiger partial charge in [-0.1, -0.05) is 0 Å². The van der Waals surface area contributed by atoms with Crippen LogP contribution in [-0.2, 0) is 4.79 Å². The molecule has 0 aromatic carbocycles. The number of hydrogen-bond donors (Lipinski definition) is 2. The summed E-state index contributed by atoms with van der Waals surface area (Å²) in [5, 5.41) is 8.09. The summed E-state index contributed by atoms with van der Waals surface area (Å²) in [6.07, 6.45) is -6.05. The van der Waals surface area contributed by atoms with Crippen molar-refractivity contribution in [1.29, 1.82) is 0 Å². The van der Waals surface area contributed by atoms with Gasteiger partial charge in [-0.3, -0.25) is 4.79 Å². The van der Waals surface area contributed by atoms with Crippen molar-refractivity contribution in [1.82, 2.24) is 0 Å². The smallest absolute Gasteiger partial charge is 0.389 e. The summed E-state index contributed by atoms with van der Waals surface area (Å²) in [5.74, 6) is -1.41. The average molecular weight is 208 g/mol. The maximum absolute atomic E-state index is 11.4. The monoisotopic (exact) mass is 207 g/mol. The van der Waals surface area contributed by atoms with E-state index < -0.39 is 31.0 Å². The molecule has 0 aliphatic rings. The normalized spacial score (nSPS) is 13.3. The molecule has 3 N–H and O–H groups in total. The summed E-state index contributed by atoms with van der Waals surface area (Å²) < 4.78 is 34.3. The number of carbonyl (C=O) groups is 1. The van der Waals surface area contributed by atoms with Crippen molar-refractivity contribution in [2.45, 2.75) is 25.1 Å². The molecule has 0 aliphatic heterocycles. The van der Waals surface area contributed by atoms with Gasteiger partial charge in [0.1, 0.15) is 6.04 Å². The van der Waals surface area contributed by atoms with Crippen LogP contribution in [0.5, 0.6) is 0 Å². The lowest BCUT2D eigenvalue weighted by atomic mass is 10.2. The van der Waals surface area contributed by atoms with Crippen LogP contribution in [0.2, 0.25) is 0 Å². The first-order valence-electron chi connectivity index (χ1n) is 2.88. The average Bonchev–Trinajstić information content (AvgIpc) is 1.80. The van der Waals surface area contributed by atoms with Crippen molar-refractivity contribution in [2.75, 3.05) is 0 Å². The fourth-order valence-electron chi connectivity index (χ4n) is 0.443. The van der Waals surface area contributed by atoms with E-state index in [0.29, 0.717) is 0 Å². The zero-order valence-electron chi connectivity index (χ0n) is 5.97. The Balaban J connectivity index is 0. The van der Waals surface area contributed by atoms with E-state index >= 15 is 0 Å². The lowest BCUT2D eigenvalue weighted by molar-refractivity contribution is -0.144. The third-order valence-corrected chi connectivity index (χ3v) is 1.06. The summed E-state index contributed by atoms with van der Waals surface area (Å²) in [7, 11) is 0. The van der Waals surface area contributed by atoms with E-state index in [2.05, 4.69) is 0 Å². The Morgan fingerprint density at radius 1 is 1.50 bits per heavy atom. The molecule has 0 saturated heterocycles. The first-order chi connectivity index (χ1) is 4.83. The van der Waals surface area contributed by atoms with Gasteiger partial charge in [-0.15, -0.1) is 12.4 Å². The minimum absolute atomic E-state index is 0. The van der Waals surface area contributed by atoms with E-state index in [-0.39, 0.29) is 12.4 Å². The second kappa shape index (κ2) is 5.21. The highest BCUT2D eigenvalue weighted by atomic mass is 35.5. The Morgan fingerprint density at radius 3 is 2.17 bits per heavy atom. The van der Waals surface area contributed by atoms with E-state index in [9.17, 15) is 18.0 Å². The zero-order chi connectivity index (χ0) is 9.07. The molecule has 0 aliphatic carbocycles. The molecule has 12 heavy (non-hydrogen) atoms. The van der Waals surface area contributed by atoms with Gasteiger partial charge in [-0.25, -0.2) is 0 Å². The second-order valence-corrected chi connectivity index (χ2v) is 2.10. The SMILES string of the molecule is Cl.N[C@@H](CCC(F)(F)F)C(=O)O. The highest BCUT2D eigenvalue weighted by Gasteiger charge is 2.28. The summed E-state index contributed by atoms with van der Waals surface area (Å²) >= 11 is 0. The van der Waals surface area contributed by atoms with Crippen molar-refractivity contribution >= 4 is 18.4 Å². The van der Waals surface area contributed by atoms with Gasteiger partial charge in [0.05, 0.1) is 0 Å². The quantitative estimate of drug-likeness (QED) is 0.730. The predicted octanol–water partition coefficient (Wildman–Crippen LogP) is 1.16. The number of alkyl halides is 3. The fourth-order valence-corrected chi connectivity index (χ4v) is 0.443. The van der Waals surface area contributed by atoms with Gasteiger partial charge >= 0.3 is 12.1 Å². The van der Waals surface area contributed by atoms with Gasteiger partial charge in [-0.2, -0.15) is 13.2 Å². The van der Waals surface area contributed by atoms with Crippen molar-refractivity contribution in [3.63, 3.8) is 0 Å². The molecule has 0 saturated carbocycles. The largest absolute Gasteiger partial charge is 0.480 e. The molecule has 0 aromatic heterocycles. The molecule has 0 amide bonds. The first-order valence-corrected chi connectivity index (χ1v) is 2.88. The van der Waals surface area contributed by atoms with Gasteiger partial charge in [0.25, 0.3) is 0 Å². The van der Waals surface area contributed by atoms with E-state index in [1.165, 1.54) is 0 Å². The van der Waals surface area contributed by atoms with Crippen molar-refractivity contribution < 1.29 is 23.1 Å². The molecule has 0 rings (SSSR count). The third kappa shape index (κ3) is 7.62. The van der Waals surface area contributed by atoms with Crippen LogP contribution in [0.3, 0.4) is 0 Å². The Kier molecular flexibility index (Phi) is 6.10. The molecule has 0 fully saturated rings. The number of rotatable bonds is 3. The summed E-state index contributed by atoms with van der Waals surface area (Å²) in [6, 6.07) is -1.42. The molecule has 1 atom stereocenters. The maximum Gasteiger partial charge on any atom is 0.389 e. The molecule has 7 heteroatoms. The Hall–Kier alpha value is -0.490. The molecular formula is C5H9ClF3NO2. The number of nitrogens with two attached hydrogens (primary N) is 1. The maximum atomic E-state index is 11.4. The molecule has 0 spiro atoms. The van der Waals surface area contributed by atoms with Crippen LogP contribution < -0.4 is 5.73 Å². The molecule has 0 heterocycles. The number of carboxylic acids is 1. The van der Waals surface area contributed by atoms with Crippen LogP contribution in [0.4, 0.5) is 13.2 Å². The van der Waals surface area contributed by atoms with Gasteiger partial charge in [0.15, 0.2) is 0 Å². The predicted molar refractivity (Wildman–Crippen MR) is 38.1 cm³/mol. The summed E-state index contributed by atoms with van der Waals surface area (Å²) in [6.45, 7) is 0. The second-order valence-electron chi connectivity index (χ2n) is 2.10. The molecule has 74 valence electrons. The van der Waals surface area contributed by atoms with Crippen molar-refractivity contribution in [3.05, 3.63) is 0 Å². The lowest BCUT2D eigenvalue weighted by Crippen LogP contribution is -2.31. The van der Waals surface area contributed by atoms with Crippen LogP contribution in [0, 0.1) is 0 Å². The fraction of sp³-hybridized carbons (Fsp3) is 0.800. The Morgan fingerprint density at radius 2 is 1.92 bits per heavy atom. The molecule has 0 unspecified atom stereocenters. The highest BCUT2D eigenvalue weighted by molar-refractivity contribution is 5.85. The molecule has 3 nitrogen and oxygen atoms in total. The topological polar surface area (TPSA) is 63.3 Å². The molecule has 0 bridgehead atoms. The number of aliphatic carboxylic acids is 1. The van der Waals surface area contributed by atoms with E-state index in [1.54, 1.807) is 0 Å². The van der Waals surface area contributed by atoms with E-state index in [0.717, 1.165) is 0 Å². The van der Waals surface area contributed by atoms with Crippen LogP contribution in [0.1, 0.15) is 12.8 Å². The number of halogens is 4. The van der Waals surface area contributed by atoms with E-state index in [1.807, 2.05) is 0 Å². The van der Waals surface area contributed by atoms with Gasteiger partial charge < -0.3 is 10.8 Å². The minimum Gasteiger partial charge on any atom is -0.480 e. The summed E-state index contributed by atoms with van der Waals surface area (Å²) in [4.78, 5) is 9.92. The lowest BCUT2D eigenvalue weighted by Gasteiger charge is -2.08. The standard InChI is InChI=1S/C5H8F3NO2.ClH/c6-5(7,8)2-1-3(9)4(10)11;/h3H,1-2,9H2,(H,10,11);1H/t3-;/m0./s1. The third-order valence-electron chi connectivity index (χ3n) is 1.06. The van der Waals surface area contributed by atoms with E-state index in [4.69, 9.17) is 10.8 Å². The van der Waals surface area contributed by atoms with Crippen LogP contribution in [0.15, 0.2) is 0 Å². The number of hydrogen-bond acceptors (Lipinski definition) is 2. The minimum atomic E-state index is -4.33. The molecular weight excluding hydrogens is 199 g/mol. The zero-order valence-corrected chi connectivity index (χ0v) is 6.78. The molecule has 0 radical (unpaired) electrons. The van der Waals surface area contributed by atoms with Crippen molar-refractivity contribution in [2.24, 2.45) is 5.73 Å². The number of carboxylic acid groups (broad SMARTS) is 1. The van der Waals surface area contributed by atoms with Crippen molar-refractivity contribution in [3.8, 4) is 0 Å². The van der Waals surface area contributed by atoms with Gasteiger partial charge in [-0.05, 0) is 6.42 Å². The van der Waals surface area contributed by atoms with Gasteiger partial charge in [0.2, 0.25) is 0 Å². The Bertz CT molecular complexity index is 150. The van der Waals surface area contributed by atoms with Crippen LogP contribution >= 0.6 is 12.4 Å². The Labute approximate surface area is 73.1 Å². The summed E-state index contributed by atoms with van der Waals surface area (Å²) in [5.41, 5.74) is 4.82. The van der Waals surface area contributed by atoms with Crippen LogP contribution in [0.25, 0.3) is 0 Å². The van der Waals surface area contributed by atoms with Crippen LogP contribution in [-0.4, -0.2) is 23.3 Å². The van der Waals surface area contributed by atoms with Gasteiger partial charge in [0, 0.05) is 6.42 Å². The molecule has 0 aromatic rings. The highest BCUT2D eigenvalue weighted by Crippen LogP contribution is 2.21. The first kappa shape index (κ1) is 14.1.